The number of hydrogen-bond donors (Lipinski definition) is 3. The number of fused-ring (bicyclic) bond motifs is 14. The average Bonchev–Trinajstić information content (AvgIpc) is 3.84. The van der Waals surface area contributed by atoms with E-state index < -0.39 is 0 Å². The van der Waals surface area contributed by atoms with Crippen LogP contribution in [0.15, 0.2) is 97.1 Å². The summed E-state index contributed by atoms with van der Waals surface area (Å²) in [6.07, 6.45) is 4.02. The van der Waals surface area contributed by atoms with E-state index in [0.29, 0.717) is 38.3 Å². The largest absolute Gasteiger partial charge is 0.507 e. The predicted octanol–water partition coefficient (Wildman–Crippen LogP) is 13.3. The molecule has 12 bridgehead atoms. The molecule has 6 heteroatoms. The van der Waals surface area contributed by atoms with Crippen LogP contribution in [0.1, 0.15) is 90.4 Å². The zero-order valence-corrected chi connectivity index (χ0v) is 34.1. The van der Waals surface area contributed by atoms with Gasteiger partial charge in [-0.1, -0.05) is 111 Å². The summed E-state index contributed by atoms with van der Waals surface area (Å²) >= 11 is 0. The van der Waals surface area contributed by atoms with Crippen molar-refractivity contribution < 1.29 is 10.2 Å². The second kappa shape index (κ2) is 12.6. The quantitative estimate of drug-likeness (QED) is 0.145. The number of aromatic hydroxyl groups is 2. The molecule has 57 heavy (non-hydrogen) atoms. The molecule has 9 rings (SSSR count). The molecule has 284 valence electrons. The molecule has 8 aromatic rings. The number of pyridine rings is 2. The first-order valence-corrected chi connectivity index (χ1v) is 19.7. The lowest BCUT2D eigenvalue weighted by Gasteiger charge is -2.20. The van der Waals surface area contributed by atoms with Crippen molar-refractivity contribution in [2.24, 2.45) is 0 Å². The molecule has 0 radical (unpaired) electrons. The summed E-state index contributed by atoms with van der Waals surface area (Å²) in [4.78, 5) is 19.5. The standard InChI is InChI=1S/C51H48N4O2/c1-49(2,3)31-16-12-28(13-17-31)44-42-22-20-38(52-42)34-24-32(50(4,5)6)26-36(47(34)56)40-18-14-29-10-11-30-15-19-41(55-46(30)45(29)54-40)37-27-33(51(7,8)9)25-35(48(37)57)39-21-23-43(44)53-39/h10-27,52,56-57H,1-9H3. The van der Waals surface area contributed by atoms with E-state index >= 15 is 0 Å². The second-order valence-corrected chi connectivity index (χ2v) is 18.6. The van der Waals surface area contributed by atoms with Crippen LogP contribution in [0.4, 0.5) is 0 Å². The summed E-state index contributed by atoms with van der Waals surface area (Å²) in [6, 6.07) is 33.2. The summed E-state index contributed by atoms with van der Waals surface area (Å²) in [5, 5.41) is 28.9. The van der Waals surface area contributed by atoms with Crippen LogP contribution in [0.2, 0.25) is 0 Å². The molecule has 0 amide bonds. The molecule has 4 aromatic carbocycles. The van der Waals surface area contributed by atoms with Gasteiger partial charge in [-0.3, -0.25) is 0 Å². The van der Waals surface area contributed by atoms with Gasteiger partial charge in [-0.05, 0) is 99.2 Å². The number of nitrogens with one attached hydrogen (secondary N) is 1. The third-order valence-electron chi connectivity index (χ3n) is 11.5. The first kappa shape index (κ1) is 36.4. The van der Waals surface area contributed by atoms with E-state index in [0.717, 1.165) is 60.8 Å². The van der Waals surface area contributed by atoms with E-state index in [1.807, 2.05) is 42.5 Å². The average molecular weight is 749 g/mol. The molecular weight excluding hydrogens is 701 g/mol. The topological polar surface area (TPSA) is 94.9 Å². The van der Waals surface area contributed by atoms with Crippen molar-refractivity contribution >= 4 is 77.6 Å². The third-order valence-corrected chi connectivity index (χ3v) is 11.5. The Labute approximate surface area is 333 Å². The minimum Gasteiger partial charge on any atom is -0.507 e. The predicted molar refractivity (Wildman–Crippen MR) is 239 cm³/mol. The molecule has 5 heterocycles. The minimum absolute atomic E-state index is 0.00771. The Morgan fingerprint density at radius 3 is 1.44 bits per heavy atom. The number of aromatic nitrogens is 4. The molecule has 4 aromatic heterocycles. The van der Waals surface area contributed by atoms with Crippen molar-refractivity contribution in [3.05, 3.63) is 125 Å². The van der Waals surface area contributed by atoms with Gasteiger partial charge in [0.1, 0.15) is 11.5 Å². The molecule has 0 spiro atoms. The highest BCUT2D eigenvalue weighted by Crippen LogP contribution is 2.41. The fraction of sp³-hybridized carbons (Fsp3) is 0.235. The van der Waals surface area contributed by atoms with Crippen LogP contribution in [0.5, 0.6) is 11.5 Å². The van der Waals surface area contributed by atoms with Gasteiger partial charge < -0.3 is 15.2 Å². The number of benzene rings is 4. The van der Waals surface area contributed by atoms with Crippen LogP contribution >= 0.6 is 0 Å². The van der Waals surface area contributed by atoms with Crippen molar-refractivity contribution in [1.29, 1.82) is 0 Å². The van der Waals surface area contributed by atoms with E-state index in [2.05, 4.69) is 134 Å². The van der Waals surface area contributed by atoms with Crippen LogP contribution in [0.3, 0.4) is 0 Å². The maximum Gasteiger partial charge on any atom is 0.134 e. The van der Waals surface area contributed by atoms with Crippen LogP contribution in [-0.2, 0) is 16.2 Å². The zero-order valence-electron chi connectivity index (χ0n) is 34.1. The molecule has 6 nitrogen and oxygen atoms in total. The van der Waals surface area contributed by atoms with Gasteiger partial charge in [0.2, 0.25) is 0 Å². The Morgan fingerprint density at radius 2 is 0.895 bits per heavy atom. The normalized spacial score (nSPS) is 13.1. The van der Waals surface area contributed by atoms with Gasteiger partial charge >= 0.3 is 0 Å². The Hall–Kier alpha value is -6.27. The van der Waals surface area contributed by atoms with Crippen molar-refractivity contribution in [1.82, 2.24) is 19.9 Å². The second-order valence-electron chi connectivity index (χ2n) is 18.6. The molecule has 0 saturated heterocycles. The van der Waals surface area contributed by atoms with Gasteiger partial charge in [-0.25, -0.2) is 15.0 Å². The first-order valence-electron chi connectivity index (χ1n) is 19.7. The first-order chi connectivity index (χ1) is 26.9. The number of phenols is 2. The summed E-state index contributed by atoms with van der Waals surface area (Å²) in [7, 11) is 0. The summed E-state index contributed by atoms with van der Waals surface area (Å²) < 4.78 is 0. The van der Waals surface area contributed by atoms with E-state index in [9.17, 15) is 10.2 Å². The fourth-order valence-corrected chi connectivity index (χ4v) is 7.92. The lowest BCUT2D eigenvalue weighted by molar-refractivity contribution is 0.486. The Morgan fingerprint density at radius 1 is 0.439 bits per heavy atom. The van der Waals surface area contributed by atoms with E-state index in [4.69, 9.17) is 15.0 Å². The molecule has 1 aliphatic heterocycles. The van der Waals surface area contributed by atoms with Crippen molar-refractivity contribution in [3.63, 3.8) is 0 Å². The van der Waals surface area contributed by atoms with E-state index in [-0.39, 0.29) is 27.7 Å². The van der Waals surface area contributed by atoms with E-state index in [1.54, 1.807) is 0 Å². The molecular formula is C51H48N4O2. The molecule has 1 aliphatic rings. The lowest BCUT2D eigenvalue weighted by atomic mass is 9.85. The maximum absolute atomic E-state index is 12.2. The molecule has 0 saturated carbocycles. The van der Waals surface area contributed by atoms with Crippen LogP contribution in [-0.4, -0.2) is 30.1 Å². The Bertz CT molecular complexity index is 3130. The highest BCUT2D eigenvalue weighted by molar-refractivity contribution is 6.08. The SMILES string of the molecule is CC(C)(C)c1ccc(-c2c3nc(c4cc(C(C)(C)C)cc(c4O)c4ccc5ccc6ccc(nc6c5n4)c4cc(C(C)(C)C)cc(c4O)c4ccc2[nH]4)C=C3)cc1. The highest BCUT2D eigenvalue weighted by Gasteiger charge is 2.22. The molecule has 0 atom stereocenters. The van der Waals surface area contributed by atoms with Crippen LogP contribution in [0, 0.1) is 0 Å². The summed E-state index contributed by atoms with van der Waals surface area (Å²) in [5.41, 5.74) is 10.6. The van der Waals surface area contributed by atoms with Gasteiger partial charge in [0.15, 0.2) is 0 Å². The third kappa shape index (κ3) is 6.24. The zero-order chi connectivity index (χ0) is 40.2. The van der Waals surface area contributed by atoms with Crippen molar-refractivity contribution in [2.45, 2.75) is 78.6 Å². The van der Waals surface area contributed by atoms with Crippen molar-refractivity contribution in [2.75, 3.05) is 0 Å². The number of aromatic amines is 1. The van der Waals surface area contributed by atoms with Gasteiger partial charge in [0.25, 0.3) is 0 Å². The van der Waals surface area contributed by atoms with Crippen molar-refractivity contribution in [3.8, 4) is 22.6 Å². The summed E-state index contributed by atoms with van der Waals surface area (Å²) in [5.74, 6) is 0.274. The highest BCUT2D eigenvalue weighted by atomic mass is 16.3. The molecule has 3 N–H and O–H groups in total. The van der Waals surface area contributed by atoms with Crippen LogP contribution < -0.4 is 0 Å². The maximum atomic E-state index is 12.2. The van der Waals surface area contributed by atoms with Gasteiger partial charge in [0.05, 0.1) is 33.5 Å². The number of nitrogens with zero attached hydrogens (tertiary/aromatic N) is 3. The Balaban J connectivity index is 1.52. The van der Waals surface area contributed by atoms with E-state index in [1.165, 1.54) is 5.56 Å². The molecule has 0 aliphatic carbocycles. The van der Waals surface area contributed by atoms with Gasteiger partial charge in [-0.15, -0.1) is 0 Å². The molecule has 0 unspecified atom stereocenters. The summed E-state index contributed by atoms with van der Waals surface area (Å²) in [6.45, 7) is 19.7. The van der Waals surface area contributed by atoms with Crippen LogP contribution in [0.25, 0.3) is 88.7 Å². The van der Waals surface area contributed by atoms with Gasteiger partial charge in [0, 0.05) is 48.9 Å². The number of rotatable bonds is 1. The number of hydrogen-bond acceptors (Lipinski definition) is 5. The fourth-order valence-electron chi connectivity index (χ4n) is 7.92. The molecule has 0 fully saturated rings. The minimum atomic E-state index is -0.226. The lowest BCUT2D eigenvalue weighted by Crippen LogP contribution is -2.10. The number of phenolic OH excluding ortho intramolecular Hbond substituents is 2. The smallest absolute Gasteiger partial charge is 0.134 e. The monoisotopic (exact) mass is 748 g/mol. The Kier molecular flexibility index (Phi) is 8.05. The van der Waals surface area contributed by atoms with Gasteiger partial charge in [-0.2, -0.15) is 0 Å². The number of H-pyrrole nitrogens is 1.